The fourth-order valence-corrected chi connectivity index (χ4v) is 2.83. The number of rotatable bonds is 2. The van der Waals surface area contributed by atoms with Gasteiger partial charge in [-0.05, 0) is 26.0 Å². The molecule has 2 rings (SSSR count). The molecule has 2 aromatic heterocycles. The van der Waals surface area contributed by atoms with Crippen LogP contribution in [0.25, 0.3) is 0 Å². The van der Waals surface area contributed by atoms with Crippen LogP contribution in [0.3, 0.4) is 0 Å². The van der Waals surface area contributed by atoms with E-state index < -0.39 is 0 Å². The van der Waals surface area contributed by atoms with Crippen LogP contribution in [0.1, 0.15) is 26.5 Å². The Bertz CT molecular complexity index is 391. The molecular weight excluding hydrogens is 212 g/mol. The minimum absolute atomic E-state index is 0.0568. The van der Waals surface area contributed by atoms with Gasteiger partial charge in [0.05, 0.1) is 16.7 Å². The van der Waals surface area contributed by atoms with E-state index in [4.69, 9.17) is 5.73 Å². The van der Waals surface area contributed by atoms with Crippen molar-refractivity contribution in [3.63, 3.8) is 0 Å². The second kappa shape index (κ2) is 3.81. The summed E-state index contributed by atoms with van der Waals surface area (Å²) in [7, 11) is 0. The Morgan fingerprint density at radius 3 is 2.64 bits per heavy atom. The lowest BCUT2D eigenvalue weighted by Crippen LogP contribution is -2.10. The van der Waals surface area contributed by atoms with Gasteiger partial charge < -0.3 is 5.73 Å². The summed E-state index contributed by atoms with van der Waals surface area (Å²) >= 11 is 3.39. The van der Waals surface area contributed by atoms with E-state index in [1.54, 1.807) is 22.7 Å². The average Bonchev–Trinajstić information content (AvgIpc) is 2.73. The largest absolute Gasteiger partial charge is 0.318 e. The van der Waals surface area contributed by atoms with Crippen LogP contribution in [0, 0.1) is 13.8 Å². The normalized spacial score (nSPS) is 13.1. The molecule has 0 saturated carbocycles. The smallest absolute Gasteiger partial charge is 0.0898 e. The molecule has 0 fully saturated rings. The standard InChI is InChI=1S/C10H12N2S2/c1-6-3-4-9(14-6)10(11)8-5-13-7(2)12-8/h3-5,10H,11H2,1-2H3. The molecule has 1 unspecified atom stereocenters. The van der Waals surface area contributed by atoms with Crippen molar-refractivity contribution in [1.82, 2.24) is 4.98 Å². The van der Waals surface area contributed by atoms with E-state index in [0.29, 0.717) is 0 Å². The first-order valence-electron chi connectivity index (χ1n) is 4.41. The Kier molecular flexibility index (Phi) is 2.67. The third kappa shape index (κ3) is 1.87. The number of nitrogens with zero attached hydrogens (tertiary/aromatic N) is 1. The van der Waals surface area contributed by atoms with Crippen molar-refractivity contribution in [2.45, 2.75) is 19.9 Å². The van der Waals surface area contributed by atoms with Crippen molar-refractivity contribution in [3.8, 4) is 0 Å². The van der Waals surface area contributed by atoms with Gasteiger partial charge in [-0.15, -0.1) is 22.7 Å². The van der Waals surface area contributed by atoms with E-state index in [-0.39, 0.29) is 6.04 Å². The second-order valence-electron chi connectivity index (χ2n) is 3.22. The summed E-state index contributed by atoms with van der Waals surface area (Å²) in [6.07, 6.45) is 0. The molecule has 0 saturated heterocycles. The molecule has 2 N–H and O–H groups in total. The van der Waals surface area contributed by atoms with Crippen molar-refractivity contribution in [2.24, 2.45) is 5.73 Å². The number of nitrogens with two attached hydrogens (primary N) is 1. The Balaban J connectivity index is 2.28. The van der Waals surface area contributed by atoms with E-state index in [0.717, 1.165) is 10.7 Å². The molecule has 1 atom stereocenters. The number of aryl methyl sites for hydroxylation is 2. The Morgan fingerprint density at radius 2 is 2.14 bits per heavy atom. The van der Waals surface area contributed by atoms with Gasteiger partial charge in [-0.3, -0.25) is 0 Å². The summed E-state index contributed by atoms with van der Waals surface area (Å²) in [6.45, 7) is 4.09. The Labute approximate surface area is 91.4 Å². The summed E-state index contributed by atoms with van der Waals surface area (Å²) in [5, 5.41) is 3.11. The predicted octanol–water partition coefficient (Wildman–Crippen LogP) is 2.87. The molecule has 0 aliphatic rings. The zero-order valence-corrected chi connectivity index (χ0v) is 9.78. The van der Waals surface area contributed by atoms with Crippen molar-refractivity contribution in [3.05, 3.63) is 38.0 Å². The maximum absolute atomic E-state index is 6.10. The molecule has 0 radical (unpaired) electrons. The topological polar surface area (TPSA) is 38.9 Å². The van der Waals surface area contributed by atoms with Gasteiger partial charge in [-0.25, -0.2) is 4.98 Å². The van der Waals surface area contributed by atoms with E-state index in [9.17, 15) is 0 Å². The Hall–Kier alpha value is -0.710. The molecule has 14 heavy (non-hydrogen) atoms. The number of aromatic nitrogens is 1. The lowest BCUT2D eigenvalue weighted by Gasteiger charge is -2.04. The van der Waals surface area contributed by atoms with Crippen LogP contribution < -0.4 is 5.73 Å². The average molecular weight is 224 g/mol. The van der Waals surface area contributed by atoms with Crippen molar-refractivity contribution in [2.75, 3.05) is 0 Å². The monoisotopic (exact) mass is 224 g/mol. The van der Waals surface area contributed by atoms with Crippen LogP contribution >= 0.6 is 22.7 Å². The molecule has 2 heterocycles. The summed E-state index contributed by atoms with van der Waals surface area (Å²) in [5.41, 5.74) is 7.08. The quantitative estimate of drug-likeness (QED) is 0.852. The molecule has 74 valence electrons. The van der Waals surface area contributed by atoms with Gasteiger partial charge in [0.1, 0.15) is 0 Å². The highest BCUT2D eigenvalue weighted by Crippen LogP contribution is 2.26. The number of thiazole rings is 1. The van der Waals surface area contributed by atoms with Crippen LogP contribution in [0.5, 0.6) is 0 Å². The summed E-state index contributed by atoms with van der Waals surface area (Å²) in [6, 6.07) is 4.12. The molecule has 0 aliphatic carbocycles. The Morgan fingerprint density at radius 1 is 1.36 bits per heavy atom. The van der Waals surface area contributed by atoms with Gasteiger partial charge in [0.15, 0.2) is 0 Å². The minimum Gasteiger partial charge on any atom is -0.318 e. The molecular formula is C10H12N2S2. The molecule has 0 amide bonds. The van der Waals surface area contributed by atoms with Crippen molar-refractivity contribution < 1.29 is 0 Å². The number of hydrogen-bond acceptors (Lipinski definition) is 4. The van der Waals surface area contributed by atoms with E-state index in [1.165, 1.54) is 9.75 Å². The number of thiophene rings is 1. The molecule has 0 aliphatic heterocycles. The summed E-state index contributed by atoms with van der Waals surface area (Å²) < 4.78 is 0. The summed E-state index contributed by atoms with van der Waals surface area (Å²) in [4.78, 5) is 6.88. The lowest BCUT2D eigenvalue weighted by atomic mass is 10.2. The maximum Gasteiger partial charge on any atom is 0.0898 e. The van der Waals surface area contributed by atoms with Gasteiger partial charge >= 0.3 is 0 Å². The molecule has 2 nitrogen and oxygen atoms in total. The first-order valence-corrected chi connectivity index (χ1v) is 6.10. The highest BCUT2D eigenvalue weighted by Gasteiger charge is 2.13. The fourth-order valence-electron chi connectivity index (χ4n) is 1.29. The molecule has 4 heteroatoms. The van der Waals surface area contributed by atoms with Crippen LogP contribution in [-0.4, -0.2) is 4.98 Å². The van der Waals surface area contributed by atoms with Gasteiger partial charge in [0, 0.05) is 15.1 Å². The SMILES string of the molecule is Cc1ccc(C(N)c2csc(C)n2)s1. The van der Waals surface area contributed by atoms with Crippen molar-refractivity contribution in [1.29, 1.82) is 0 Å². The van der Waals surface area contributed by atoms with Gasteiger partial charge in [0.2, 0.25) is 0 Å². The zero-order chi connectivity index (χ0) is 10.1. The molecule has 2 aromatic rings. The molecule has 0 bridgehead atoms. The van der Waals surface area contributed by atoms with Gasteiger partial charge in [-0.2, -0.15) is 0 Å². The molecule has 0 aromatic carbocycles. The van der Waals surface area contributed by atoms with Gasteiger partial charge in [-0.1, -0.05) is 0 Å². The van der Waals surface area contributed by atoms with Crippen LogP contribution in [0.2, 0.25) is 0 Å². The first-order chi connectivity index (χ1) is 6.66. The van der Waals surface area contributed by atoms with Gasteiger partial charge in [0.25, 0.3) is 0 Å². The van der Waals surface area contributed by atoms with Crippen LogP contribution in [0.15, 0.2) is 17.5 Å². The second-order valence-corrected chi connectivity index (χ2v) is 5.60. The van der Waals surface area contributed by atoms with E-state index >= 15 is 0 Å². The highest BCUT2D eigenvalue weighted by molar-refractivity contribution is 7.12. The van der Waals surface area contributed by atoms with Crippen molar-refractivity contribution >= 4 is 22.7 Å². The lowest BCUT2D eigenvalue weighted by molar-refractivity contribution is 0.853. The van der Waals surface area contributed by atoms with Crippen LogP contribution in [0.4, 0.5) is 0 Å². The van der Waals surface area contributed by atoms with E-state index in [1.807, 2.05) is 12.3 Å². The minimum atomic E-state index is -0.0568. The fraction of sp³-hybridized carbons (Fsp3) is 0.300. The number of hydrogen-bond donors (Lipinski definition) is 1. The summed E-state index contributed by atoms with van der Waals surface area (Å²) in [5.74, 6) is 0. The predicted molar refractivity (Wildman–Crippen MR) is 61.9 cm³/mol. The third-order valence-corrected chi connectivity index (χ3v) is 3.90. The van der Waals surface area contributed by atoms with Crippen LogP contribution in [-0.2, 0) is 0 Å². The molecule has 0 spiro atoms. The zero-order valence-electron chi connectivity index (χ0n) is 8.15. The maximum atomic E-state index is 6.10. The third-order valence-electron chi connectivity index (χ3n) is 2.02. The van der Waals surface area contributed by atoms with E-state index in [2.05, 4.69) is 24.0 Å². The highest BCUT2D eigenvalue weighted by atomic mass is 32.1. The first kappa shape index (κ1) is 9.83.